The first-order chi connectivity index (χ1) is 6.74. The van der Waals surface area contributed by atoms with Crippen LogP contribution in [0.15, 0.2) is 12.2 Å². The minimum Gasteiger partial charge on any atom is -0.469 e. The van der Waals surface area contributed by atoms with E-state index in [-0.39, 0.29) is 28.8 Å². The molecule has 2 rings (SSSR count). The Morgan fingerprint density at radius 2 is 2.43 bits per heavy atom. The molecule has 3 nitrogen and oxygen atoms in total. The molecule has 0 bridgehead atoms. The van der Waals surface area contributed by atoms with Crippen LogP contribution in [0.1, 0.15) is 6.42 Å². The third-order valence-electron chi connectivity index (χ3n) is 2.82. The Bertz CT molecular complexity index is 298. The number of allylic oxidation sites excluding steroid dienone is 1. The lowest BCUT2D eigenvalue weighted by molar-refractivity contribution is -0.145. The van der Waals surface area contributed by atoms with E-state index >= 15 is 0 Å². The van der Waals surface area contributed by atoms with Crippen LogP contribution >= 0.6 is 11.8 Å². The van der Waals surface area contributed by atoms with Crippen molar-refractivity contribution in [2.24, 2.45) is 11.8 Å². The summed E-state index contributed by atoms with van der Waals surface area (Å²) in [5.41, 5.74) is 0. The highest BCUT2D eigenvalue weighted by molar-refractivity contribution is 8.00. The van der Waals surface area contributed by atoms with Crippen LogP contribution in [0.5, 0.6) is 0 Å². The van der Waals surface area contributed by atoms with E-state index in [0.717, 1.165) is 12.2 Å². The molecule has 1 aliphatic carbocycles. The predicted octanol–water partition coefficient (Wildman–Crippen LogP) is 1.04. The zero-order chi connectivity index (χ0) is 10.1. The molecule has 0 saturated carbocycles. The summed E-state index contributed by atoms with van der Waals surface area (Å²) < 4.78 is 4.72. The zero-order valence-corrected chi connectivity index (χ0v) is 8.75. The summed E-state index contributed by atoms with van der Waals surface area (Å²) in [6, 6.07) is 0. The third kappa shape index (κ3) is 1.47. The van der Waals surface area contributed by atoms with Crippen LogP contribution in [0.4, 0.5) is 0 Å². The van der Waals surface area contributed by atoms with Crippen LogP contribution in [0.3, 0.4) is 0 Å². The van der Waals surface area contributed by atoms with Crippen molar-refractivity contribution in [2.45, 2.75) is 11.7 Å². The molecule has 3 atom stereocenters. The SMILES string of the molecule is COC(=O)C1C=CC(=O)C2SCCC12. The number of carbonyl (C=O) groups is 2. The van der Waals surface area contributed by atoms with Crippen molar-refractivity contribution in [1.29, 1.82) is 0 Å². The molecule has 1 heterocycles. The molecule has 0 amide bonds. The molecule has 0 radical (unpaired) electrons. The lowest BCUT2D eigenvalue weighted by Gasteiger charge is -2.25. The third-order valence-corrected chi connectivity index (χ3v) is 4.23. The van der Waals surface area contributed by atoms with Gasteiger partial charge in [0.15, 0.2) is 5.78 Å². The van der Waals surface area contributed by atoms with Crippen molar-refractivity contribution in [3.63, 3.8) is 0 Å². The Kier molecular flexibility index (Phi) is 2.63. The molecule has 1 aliphatic heterocycles. The molecule has 1 saturated heterocycles. The quantitative estimate of drug-likeness (QED) is 0.609. The van der Waals surface area contributed by atoms with Crippen molar-refractivity contribution in [1.82, 2.24) is 0 Å². The molecular weight excluding hydrogens is 200 g/mol. The monoisotopic (exact) mass is 212 g/mol. The second kappa shape index (κ2) is 3.77. The number of rotatable bonds is 1. The van der Waals surface area contributed by atoms with Crippen LogP contribution in [-0.4, -0.2) is 29.9 Å². The maximum atomic E-state index is 11.5. The van der Waals surface area contributed by atoms with Gasteiger partial charge in [0.05, 0.1) is 18.3 Å². The van der Waals surface area contributed by atoms with E-state index < -0.39 is 0 Å². The Morgan fingerprint density at radius 3 is 3.14 bits per heavy atom. The lowest BCUT2D eigenvalue weighted by atomic mass is 9.81. The number of hydrogen-bond acceptors (Lipinski definition) is 4. The highest BCUT2D eigenvalue weighted by Gasteiger charge is 2.42. The maximum absolute atomic E-state index is 11.5. The number of fused-ring (bicyclic) bond motifs is 1. The molecule has 76 valence electrons. The van der Waals surface area contributed by atoms with Crippen molar-refractivity contribution < 1.29 is 14.3 Å². The smallest absolute Gasteiger partial charge is 0.312 e. The van der Waals surface area contributed by atoms with E-state index in [1.165, 1.54) is 13.2 Å². The standard InChI is InChI=1S/C10H12O3S/c1-13-10(12)7-2-3-8(11)9-6(7)4-5-14-9/h2-3,6-7,9H,4-5H2,1H3. The first-order valence-corrected chi connectivity index (χ1v) is 5.70. The molecule has 0 aromatic heterocycles. The van der Waals surface area contributed by atoms with Crippen LogP contribution in [0.25, 0.3) is 0 Å². The van der Waals surface area contributed by atoms with Gasteiger partial charge in [0, 0.05) is 0 Å². The van der Waals surface area contributed by atoms with Gasteiger partial charge in [0.2, 0.25) is 0 Å². The average Bonchev–Trinajstić information content (AvgIpc) is 2.67. The average molecular weight is 212 g/mol. The van der Waals surface area contributed by atoms with Crippen LogP contribution < -0.4 is 0 Å². The van der Waals surface area contributed by atoms with E-state index in [1.807, 2.05) is 0 Å². The number of carbonyl (C=O) groups excluding carboxylic acids is 2. The largest absolute Gasteiger partial charge is 0.469 e. The lowest BCUT2D eigenvalue weighted by Crippen LogP contribution is -2.35. The summed E-state index contributed by atoms with van der Waals surface area (Å²) in [5.74, 6) is 0.850. The topological polar surface area (TPSA) is 43.4 Å². The molecule has 2 aliphatic rings. The van der Waals surface area contributed by atoms with Crippen LogP contribution in [0.2, 0.25) is 0 Å². The van der Waals surface area contributed by atoms with Gasteiger partial charge in [-0.05, 0) is 24.2 Å². The van der Waals surface area contributed by atoms with Gasteiger partial charge in [-0.2, -0.15) is 0 Å². The van der Waals surface area contributed by atoms with Gasteiger partial charge in [-0.1, -0.05) is 6.08 Å². The second-order valence-electron chi connectivity index (χ2n) is 3.55. The fourth-order valence-electron chi connectivity index (χ4n) is 2.09. The van der Waals surface area contributed by atoms with Gasteiger partial charge in [-0.15, -0.1) is 11.8 Å². The van der Waals surface area contributed by atoms with Crippen LogP contribution in [-0.2, 0) is 14.3 Å². The minimum atomic E-state index is -0.216. The number of hydrogen-bond donors (Lipinski definition) is 0. The molecular formula is C10H12O3S. The normalized spacial score (nSPS) is 35.5. The highest BCUT2D eigenvalue weighted by Crippen LogP contribution is 2.41. The fourth-order valence-corrected chi connectivity index (χ4v) is 3.55. The number of ketones is 1. The van der Waals surface area contributed by atoms with E-state index in [1.54, 1.807) is 17.8 Å². The van der Waals surface area contributed by atoms with Crippen molar-refractivity contribution in [3.05, 3.63) is 12.2 Å². The Labute approximate surface area is 86.9 Å². The second-order valence-corrected chi connectivity index (χ2v) is 4.80. The summed E-state index contributed by atoms with van der Waals surface area (Å²) >= 11 is 1.66. The molecule has 0 aromatic carbocycles. The number of ether oxygens (including phenoxy) is 1. The predicted molar refractivity (Wildman–Crippen MR) is 54.0 cm³/mol. The summed E-state index contributed by atoms with van der Waals surface area (Å²) in [6.45, 7) is 0. The van der Waals surface area contributed by atoms with Gasteiger partial charge in [0.1, 0.15) is 0 Å². The van der Waals surface area contributed by atoms with E-state index in [2.05, 4.69) is 0 Å². The fraction of sp³-hybridized carbons (Fsp3) is 0.600. The van der Waals surface area contributed by atoms with Crippen LogP contribution in [0, 0.1) is 11.8 Å². The summed E-state index contributed by atoms with van der Waals surface area (Å²) in [4.78, 5) is 22.9. The van der Waals surface area contributed by atoms with Crippen molar-refractivity contribution in [2.75, 3.05) is 12.9 Å². The minimum absolute atomic E-state index is 0.0101. The molecule has 3 unspecified atom stereocenters. The first-order valence-electron chi connectivity index (χ1n) is 4.65. The Hall–Kier alpha value is -0.770. The van der Waals surface area contributed by atoms with Crippen molar-refractivity contribution in [3.8, 4) is 0 Å². The van der Waals surface area contributed by atoms with Crippen molar-refractivity contribution >= 4 is 23.5 Å². The molecule has 0 spiro atoms. The van der Waals surface area contributed by atoms with Gasteiger partial charge in [-0.3, -0.25) is 9.59 Å². The van der Waals surface area contributed by atoms with E-state index in [9.17, 15) is 9.59 Å². The summed E-state index contributed by atoms with van der Waals surface area (Å²) in [7, 11) is 1.39. The first kappa shape index (κ1) is 9.77. The van der Waals surface area contributed by atoms with E-state index in [4.69, 9.17) is 4.74 Å². The summed E-state index contributed by atoms with van der Waals surface area (Å²) in [6.07, 6.45) is 4.16. The van der Waals surface area contributed by atoms with Gasteiger partial charge in [0.25, 0.3) is 0 Å². The van der Waals surface area contributed by atoms with Gasteiger partial charge >= 0.3 is 5.97 Å². The molecule has 0 N–H and O–H groups in total. The Morgan fingerprint density at radius 1 is 1.64 bits per heavy atom. The van der Waals surface area contributed by atoms with Gasteiger partial charge in [-0.25, -0.2) is 0 Å². The number of esters is 1. The molecule has 1 fully saturated rings. The number of thioether (sulfide) groups is 1. The molecule has 14 heavy (non-hydrogen) atoms. The highest BCUT2D eigenvalue weighted by atomic mass is 32.2. The zero-order valence-electron chi connectivity index (χ0n) is 7.93. The molecule has 4 heteroatoms. The Balaban J connectivity index is 2.23. The van der Waals surface area contributed by atoms with E-state index in [0.29, 0.717) is 0 Å². The maximum Gasteiger partial charge on any atom is 0.312 e. The number of methoxy groups -OCH3 is 1. The van der Waals surface area contributed by atoms with Gasteiger partial charge < -0.3 is 4.74 Å². The summed E-state index contributed by atoms with van der Waals surface area (Å²) in [5, 5.41) is -0.0101. The molecule has 0 aromatic rings.